The number of carbonyl (C=O) groups excluding carboxylic acids is 1. The van der Waals surface area contributed by atoms with Gasteiger partial charge < -0.3 is 14.8 Å². The zero-order valence-corrected chi connectivity index (χ0v) is 11.3. The van der Waals surface area contributed by atoms with E-state index in [2.05, 4.69) is 4.98 Å². The number of fused-ring (bicyclic) bond motifs is 1. The van der Waals surface area contributed by atoms with Crippen LogP contribution < -0.4 is 0 Å². The van der Waals surface area contributed by atoms with Crippen LogP contribution in [0.25, 0.3) is 10.9 Å². The van der Waals surface area contributed by atoms with Gasteiger partial charge in [0.2, 0.25) is 0 Å². The molecule has 0 unspecified atom stereocenters. The van der Waals surface area contributed by atoms with Crippen LogP contribution >= 0.6 is 0 Å². The molecule has 2 rings (SSSR count). The fourth-order valence-electron chi connectivity index (χ4n) is 2.28. The van der Waals surface area contributed by atoms with E-state index in [4.69, 9.17) is 4.74 Å². The molecule has 0 aliphatic carbocycles. The molecule has 1 aromatic heterocycles. The van der Waals surface area contributed by atoms with E-state index in [1.165, 1.54) is 0 Å². The zero-order valence-electron chi connectivity index (χ0n) is 11.3. The molecule has 20 heavy (non-hydrogen) atoms. The molecular weight excluding hydrogens is 258 g/mol. The van der Waals surface area contributed by atoms with E-state index in [0.717, 1.165) is 16.5 Å². The molecule has 5 nitrogen and oxygen atoms in total. The summed E-state index contributed by atoms with van der Waals surface area (Å²) in [5.41, 5.74) is 1.75. The average molecular weight is 275 g/mol. The van der Waals surface area contributed by atoms with Gasteiger partial charge in [-0.2, -0.15) is 0 Å². The lowest BCUT2D eigenvalue weighted by atomic mass is 10.0. The fourth-order valence-corrected chi connectivity index (χ4v) is 2.28. The van der Waals surface area contributed by atoms with Gasteiger partial charge in [-0.1, -0.05) is 18.2 Å². The molecule has 0 aliphatic heterocycles. The number of rotatable bonds is 6. The Hall–Kier alpha value is -2.30. The molecule has 5 heteroatoms. The fraction of sp³-hybridized carbons (Fsp3) is 0.333. The molecule has 0 spiro atoms. The summed E-state index contributed by atoms with van der Waals surface area (Å²) in [4.78, 5) is 25.5. The summed E-state index contributed by atoms with van der Waals surface area (Å²) in [6, 6.07) is 7.46. The van der Waals surface area contributed by atoms with Gasteiger partial charge in [-0.15, -0.1) is 0 Å². The van der Waals surface area contributed by atoms with Crippen LogP contribution in [0.1, 0.15) is 35.8 Å². The lowest BCUT2D eigenvalue weighted by Gasteiger charge is -2.03. The minimum absolute atomic E-state index is 0.204. The van der Waals surface area contributed by atoms with Crippen LogP contribution in [0.2, 0.25) is 0 Å². The van der Waals surface area contributed by atoms with Crippen LogP contribution in [0.3, 0.4) is 0 Å². The third-order valence-electron chi connectivity index (χ3n) is 3.14. The number of benzene rings is 1. The molecule has 106 valence electrons. The Morgan fingerprint density at radius 3 is 2.75 bits per heavy atom. The monoisotopic (exact) mass is 275 g/mol. The van der Waals surface area contributed by atoms with E-state index >= 15 is 0 Å². The summed E-state index contributed by atoms with van der Waals surface area (Å²) >= 11 is 0. The Bertz CT molecular complexity index is 630. The van der Waals surface area contributed by atoms with Crippen molar-refractivity contribution in [1.82, 2.24) is 4.98 Å². The number of carboxylic acids is 1. The van der Waals surface area contributed by atoms with Gasteiger partial charge in [0.05, 0.1) is 6.61 Å². The topological polar surface area (TPSA) is 79.4 Å². The van der Waals surface area contributed by atoms with Crippen molar-refractivity contribution in [3.8, 4) is 0 Å². The van der Waals surface area contributed by atoms with Gasteiger partial charge in [0.25, 0.3) is 0 Å². The number of H-pyrrole nitrogens is 1. The minimum atomic E-state index is -0.979. The number of aromatic nitrogens is 1. The maximum atomic E-state index is 11.3. The highest BCUT2D eigenvalue weighted by Gasteiger charge is 2.16. The number of hydrogen-bond donors (Lipinski definition) is 2. The Morgan fingerprint density at radius 2 is 2.05 bits per heavy atom. The number of hydrogen-bond acceptors (Lipinski definition) is 3. The third kappa shape index (κ3) is 2.99. The molecule has 1 aromatic carbocycles. The molecular formula is C15H17NO4. The van der Waals surface area contributed by atoms with E-state index in [1.54, 1.807) is 6.92 Å². The standard InChI is InChI=1S/C15H17NO4/c1-2-20-13(17)9-5-7-11-10-6-3-4-8-12(10)16-14(11)15(18)19/h3-4,6,8,16H,2,5,7,9H2,1H3,(H,18,19). The van der Waals surface area contributed by atoms with Crippen molar-refractivity contribution in [3.63, 3.8) is 0 Å². The van der Waals surface area contributed by atoms with Gasteiger partial charge in [-0.3, -0.25) is 4.79 Å². The summed E-state index contributed by atoms with van der Waals surface area (Å²) in [5.74, 6) is -1.23. The Labute approximate surface area is 116 Å². The van der Waals surface area contributed by atoms with Crippen LogP contribution in [0.4, 0.5) is 0 Å². The van der Waals surface area contributed by atoms with Gasteiger partial charge >= 0.3 is 11.9 Å². The second-order valence-corrected chi connectivity index (χ2v) is 4.49. The number of carboxylic acid groups (broad SMARTS) is 1. The summed E-state index contributed by atoms with van der Waals surface area (Å²) in [6.45, 7) is 2.13. The average Bonchev–Trinajstić information content (AvgIpc) is 2.78. The number of aromatic carboxylic acids is 1. The predicted molar refractivity (Wildman–Crippen MR) is 74.8 cm³/mol. The number of aryl methyl sites for hydroxylation is 1. The highest BCUT2D eigenvalue weighted by atomic mass is 16.5. The van der Waals surface area contributed by atoms with Gasteiger partial charge in [-0.25, -0.2) is 4.79 Å². The quantitative estimate of drug-likeness (QED) is 0.794. The zero-order chi connectivity index (χ0) is 14.5. The first-order valence-electron chi connectivity index (χ1n) is 6.62. The Balaban J connectivity index is 2.17. The number of para-hydroxylation sites is 1. The highest BCUT2D eigenvalue weighted by Crippen LogP contribution is 2.24. The molecule has 0 saturated carbocycles. The van der Waals surface area contributed by atoms with E-state index < -0.39 is 5.97 Å². The highest BCUT2D eigenvalue weighted by molar-refractivity contribution is 5.97. The van der Waals surface area contributed by atoms with Crippen molar-refractivity contribution in [1.29, 1.82) is 0 Å². The second-order valence-electron chi connectivity index (χ2n) is 4.49. The summed E-state index contributed by atoms with van der Waals surface area (Å²) in [7, 11) is 0. The molecule has 0 amide bonds. The minimum Gasteiger partial charge on any atom is -0.477 e. The van der Waals surface area contributed by atoms with Crippen molar-refractivity contribution in [2.24, 2.45) is 0 Å². The lowest BCUT2D eigenvalue weighted by molar-refractivity contribution is -0.143. The molecule has 0 radical (unpaired) electrons. The van der Waals surface area contributed by atoms with Crippen LogP contribution in [0.15, 0.2) is 24.3 Å². The first-order valence-corrected chi connectivity index (χ1v) is 6.62. The van der Waals surface area contributed by atoms with Gasteiger partial charge in [0.15, 0.2) is 0 Å². The molecule has 0 saturated heterocycles. The molecule has 2 N–H and O–H groups in total. The molecule has 2 aromatic rings. The van der Waals surface area contributed by atoms with E-state index in [1.807, 2.05) is 24.3 Å². The molecule has 0 aliphatic rings. The SMILES string of the molecule is CCOC(=O)CCCc1c(C(=O)O)[nH]c2ccccc12. The number of carbonyl (C=O) groups is 2. The molecule has 0 atom stereocenters. The Kier molecular flexibility index (Phi) is 4.40. The van der Waals surface area contributed by atoms with Crippen LogP contribution in [-0.2, 0) is 16.0 Å². The van der Waals surface area contributed by atoms with Crippen molar-refractivity contribution in [2.45, 2.75) is 26.2 Å². The first-order chi connectivity index (χ1) is 9.63. The van der Waals surface area contributed by atoms with E-state index in [9.17, 15) is 14.7 Å². The Morgan fingerprint density at radius 1 is 1.30 bits per heavy atom. The van der Waals surface area contributed by atoms with E-state index in [0.29, 0.717) is 25.9 Å². The molecule has 0 fully saturated rings. The first kappa shape index (κ1) is 14.1. The number of esters is 1. The van der Waals surface area contributed by atoms with Crippen molar-refractivity contribution in [2.75, 3.05) is 6.61 Å². The normalized spacial score (nSPS) is 10.7. The predicted octanol–water partition coefficient (Wildman–Crippen LogP) is 2.75. The van der Waals surface area contributed by atoms with Gasteiger partial charge in [-0.05, 0) is 31.4 Å². The summed E-state index contributed by atoms with van der Waals surface area (Å²) in [6.07, 6.45) is 1.40. The third-order valence-corrected chi connectivity index (χ3v) is 3.14. The molecule has 0 bridgehead atoms. The lowest BCUT2D eigenvalue weighted by Crippen LogP contribution is -2.05. The smallest absolute Gasteiger partial charge is 0.352 e. The van der Waals surface area contributed by atoms with Crippen molar-refractivity contribution >= 4 is 22.8 Å². The second kappa shape index (κ2) is 6.23. The molecule has 1 heterocycles. The number of ether oxygens (including phenoxy) is 1. The van der Waals surface area contributed by atoms with Gasteiger partial charge in [0.1, 0.15) is 5.69 Å². The maximum Gasteiger partial charge on any atom is 0.352 e. The summed E-state index contributed by atoms with van der Waals surface area (Å²) < 4.78 is 4.86. The van der Waals surface area contributed by atoms with Crippen LogP contribution in [0, 0.1) is 0 Å². The number of aromatic amines is 1. The van der Waals surface area contributed by atoms with Crippen molar-refractivity contribution in [3.05, 3.63) is 35.5 Å². The number of nitrogens with one attached hydrogen (secondary N) is 1. The summed E-state index contributed by atoms with van der Waals surface area (Å²) in [5, 5.41) is 10.1. The maximum absolute atomic E-state index is 11.3. The van der Waals surface area contributed by atoms with Crippen molar-refractivity contribution < 1.29 is 19.4 Å². The van der Waals surface area contributed by atoms with E-state index in [-0.39, 0.29) is 11.7 Å². The van der Waals surface area contributed by atoms with Gasteiger partial charge in [0, 0.05) is 17.3 Å². The van der Waals surface area contributed by atoms with Crippen LogP contribution in [0.5, 0.6) is 0 Å². The largest absolute Gasteiger partial charge is 0.477 e. The van der Waals surface area contributed by atoms with Crippen LogP contribution in [-0.4, -0.2) is 28.6 Å².